The average Bonchev–Trinajstić information content (AvgIpc) is 3.02. The summed E-state index contributed by atoms with van der Waals surface area (Å²) in [5, 5.41) is 2.70. The normalized spacial score (nSPS) is 31.7. The van der Waals surface area contributed by atoms with Crippen molar-refractivity contribution < 1.29 is 9.59 Å². The number of nitrogens with zero attached hydrogens (tertiary/aromatic N) is 1. The van der Waals surface area contributed by atoms with Crippen molar-refractivity contribution in [2.24, 2.45) is 5.92 Å². The van der Waals surface area contributed by atoms with Crippen molar-refractivity contribution in [3.8, 4) is 0 Å². The second-order valence-corrected chi connectivity index (χ2v) is 4.65. The van der Waals surface area contributed by atoms with Crippen molar-refractivity contribution in [3.05, 3.63) is 0 Å². The van der Waals surface area contributed by atoms with Gasteiger partial charge in [0.1, 0.15) is 5.54 Å². The van der Waals surface area contributed by atoms with E-state index in [0.29, 0.717) is 12.5 Å². The molecule has 1 aliphatic carbocycles. The molecule has 1 N–H and O–H groups in total. The van der Waals surface area contributed by atoms with E-state index in [-0.39, 0.29) is 18.4 Å². The number of nitrogens with one attached hydrogen (secondary N) is 1. The standard InChI is InChI=1S/C11H18N2O2/c1-3-6-13-9(14)7-12-10(15)11(13,2)8-4-5-8/h8H,3-7H2,1-2H3,(H,12,15). The van der Waals surface area contributed by atoms with E-state index in [1.807, 2.05) is 13.8 Å². The number of hydrogen-bond donors (Lipinski definition) is 1. The first-order valence-electron chi connectivity index (χ1n) is 5.69. The van der Waals surface area contributed by atoms with Crippen molar-refractivity contribution in [2.45, 2.75) is 38.6 Å². The van der Waals surface area contributed by atoms with Gasteiger partial charge in [-0.15, -0.1) is 0 Å². The lowest BCUT2D eigenvalue weighted by molar-refractivity contribution is -0.154. The van der Waals surface area contributed by atoms with E-state index in [2.05, 4.69) is 5.32 Å². The van der Waals surface area contributed by atoms with Crippen LogP contribution in [-0.2, 0) is 9.59 Å². The van der Waals surface area contributed by atoms with Crippen LogP contribution in [0.25, 0.3) is 0 Å². The van der Waals surface area contributed by atoms with Crippen molar-refractivity contribution in [1.29, 1.82) is 0 Å². The van der Waals surface area contributed by atoms with Crippen molar-refractivity contribution >= 4 is 11.8 Å². The molecule has 0 aromatic carbocycles. The van der Waals surface area contributed by atoms with Gasteiger partial charge in [0.25, 0.3) is 0 Å². The maximum Gasteiger partial charge on any atom is 0.246 e. The van der Waals surface area contributed by atoms with Crippen LogP contribution in [0.2, 0.25) is 0 Å². The smallest absolute Gasteiger partial charge is 0.246 e. The molecule has 0 aromatic rings. The predicted octanol–water partition coefficient (Wildman–Crippen LogP) is 0.523. The number of piperazine rings is 1. The summed E-state index contributed by atoms with van der Waals surface area (Å²) in [6.45, 7) is 4.81. The molecule has 0 bridgehead atoms. The molecule has 15 heavy (non-hydrogen) atoms. The molecule has 1 saturated carbocycles. The lowest BCUT2D eigenvalue weighted by atomic mass is 9.89. The zero-order valence-electron chi connectivity index (χ0n) is 9.38. The molecule has 0 aromatic heterocycles. The monoisotopic (exact) mass is 210 g/mol. The van der Waals surface area contributed by atoms with Crippen LogP contribution in [-0.4, -0.2) is 35.3 Å². The fourth-order valence-electron chi connectivity index (χ4n) is 2.44. The molecule has 1 aliphatic heterocycles. The lowest BCUT2D eigenvalue weighted by Crippen LogP contribution is -2.67. The quantitative estimate of drug-likeness (QED) is 0.738. The van der Waals surface area contributed by atoms with E-state index in [0.717, 1.165) is 19.3 Å². The fraction of sp³-hybridized carbons (Fsp3) is 0.818. The summed E-state index contributed by atoms with van der Waals surface area (Å²) in [4.78, 5) is 25.5. The molecule has 1 saturated heterocycles. The molecular formula is C11H18N2O2. The Hall–Kier alpha value is -1.06. The fourth-order valence-corrected chi connectivity index (χ4v) is 2.44. The molecule has 2 rings (SSSR count). The summed E-state index contributed by atoms with van der Waals surface area (Å²) in [6.07, 6.45) is 3.04. The van der Waals surface area contributed by atoms with Crippen molar-refractivity contribution in [3.63, 3.8) is 0 Å². The highest BCUT2D eigenvalue weighted by Gasteiger charge is 2.54. The summed E-state index contributed by atoms with van der Waals surface area (Å²) in [7, 11) is 0. The topological polar surface area (TPSA) is 49.4 Å². The first kappa shape index (κ1) is 10.5. The largest absolute Gasteiger partial charge is 0.345 e. The molecule has 0 radical (unpaired) electrons. The minimum absolute atomic E-state index is 0.0260. The van der Waals surface area contributed by atoms with Crippen LogP contribution in [0, 0.1) is 5.92 Å². The van der Waals surface area contributed by atoms with Gasteiger partial charge in [-0.25, -0.2) is 0 Å². The number of carbonyl (C=O) groups is 2. The van der Waals surface area contributed by atoms with Gasteiger partial charge in [-0.2, -0.15) is 0 Å². The Morgan fingerprint density at radius 3 is 2.67 bits per heavy atom. The maximum absolute atomic E-state index is 11.9. The molecule has 4 heteroatoms. The van der Waals surface area contributed by atoms with E-state index in [1.54, 1.807) is 4.90 Å². The number of amides is 2. The molecule has 0 spiro atoms. The maximum atomic E-state index is 11.9. The van der Waals surface area contributed by atoms with E-state index < -0.39 is 5.54 Å². The molecule has 84 valence electrons. The van der Waals surface area contributed by atoms with Crippen LogP contribution in [0.3, 0.4) is 0 Å². The minimum Gasteiger partial charge on any atom is -0.345 e. The third-order valence-corrected chi connectivity index (χ3v) is 3.54. The van der Waals surface area contributed by atoms with Gasteiger partial charge in [-0.3, -0.25) is 9.59 Å². The number of hydrogen-bond acceptors (Lipinski definition) is 2. The Kier molecular flexibility index (Phi) is 2.44. The first-order chi connectivity index (χ1) is 7.10. The van der Waals surface area contributed by atoms with E-state index >= 15 is 0 Å². The third kappa shape index (κ3) is 1.52. The van der Waals surface area contributed by atoms with Crippen LogP contribution in [0.15, 0.2) is 0 Å². The Labute approximate surface area is 90.0 Å². The highest BCUT2D eigenvalue weighted by Crippen LogP contribution is 2.44. The van der Waals surface area contributed by atoms with Gasteiger partial charge in [0.05, 0.1) is 6.54 Å². The van der Waals surface area contributed by atoms with E-state index in [4.69, 9.17) is 0 Å². The van der Waals surface area contributed by atoms with E-state index in [9.17, 15) is 9.59 Å². The van der Waals surface area contributed by atoms with E-state index in [1.165, 1.54) is 0 Å². The van der Waals surface area contributed by atoms with Crippen LogP contribution in [0.4, 0.5) is 0 Å². The van der Waals surface area contributed by atoms with Gasteiger partial charge in [0.15, 0.2) is 0 Å². The van der Waals surface area contributed by atoms with Gasteiger partial charge < -0.3 is 10.2 Å². The van der Waals surface area contributed by atoms with Crippen LogP contribution in [0.1, 0.15) is 33.1 Å². The summed E-state index contributed by atoms with van der Waals surface area (Å²) in [5.41, 5.74) is -0.578. The summed E-state index contributed by atoms with van der Waals surface area (Å²) >= 11 is 0. The summed E-state index contributed by atoms with van der Waals surface area (Å²) in [5.74, 6) is 0.456. The Morgan fingerprint density at radius 2 is 2.13 bits per heavy atom. The zero-order valence-corrected chi connectivity index (χ0v) is 9.38. The van der Waals surface area contributed by atoms with Crippen LogP contribution in [0.5, 0.6) is 0 Å². The first-order valence-corrected chi connectivity index (χ1v) is 5.69. The molecule has 1 unspecified atom stereocenters. The average molecular weight is 210 g/mol. The Morgan fingerprint density at radius 1 is 1.47 bits per heavy atom. The molecule has 1 atom stereocenters. The van der Waals surface area contributed by atoms with Gasteiger partial charge in [-0.05, 0) is 32.1 Å². The highest BCUT2D eigenvalue weighted by atomic mass is 16.2. The summed E-state index contributed by atoms with van der Waals surface area (Å²) < 4.78 is 0. The van der Waals surface area contributed by atoms with Gasteiger partial charge in [0, 0.05) is 6.54 Å². The van der Waals surface area contributed by atoms with Gasteiger partial charge in [0.2, 0.25) is 11.8 Å². The van der Waals surface area contributed by atoms with Gasteiger partial charge >= 0.3 is 0 Å². The zero-order chi connectivity index (χ0) is 11.1. The SMILES string of the molecule is CCCN1C(=O)CNC(=O)C1(C)C1CC1. The molecule has 2 amide bonds. The number of rotatable bonds is 3. The van der Waals surface area contributed by atoms with Gasteiger partial charge in [-0.1, -0.05) is 6.92 Å². The van der Waals surface area contributed by atoms with Crippen LogP contribution >= 0.6 is 0 Å². The molecule has 2 fully saturated rings. The molecule has 1 heterocycles. The minimum atomic E-state index is -0.578. The second-order valence-electron chi connectivity index (χ2n) is 4.65. The Bertz CT molecular complexity index is 299. The van der Waals surface area contributed by atoms with Crippen molar-refractivity contribution in [2.75, 3.05) is 13.1 Å². The second kappa shape index (κ2) is 3.51. The third-order valence-electron chi connectivity index (χ3n) is 3.54. The predicted molar refractivity (Wildman–Crippen MR) is 56.1 cm³/mol. The lowest BCUT2D eigenvalue weighted by Gasteiger charge is -2.43. The van der Waals surface area contributed by atoms with Crippen LogP contribution < -0.4 is 5.32 Å². The Balaban J connectivity index is 2.26. The highest BCUT2D eigenvalue weighted by molar-refractivity contribution is 5.98. The summed E-state index contributed by atoms with van der Waals surface area (Å²) in [6, 6.07) is 0. The molecular weight excluding hydrogens is 192 g/mol. The molecule has 2 aliphatic rings. The number of carbonyl (C=O) groups excluding carboxylic acids is 2. The molecule has 4 nitrogen and oxygen atoms in total. The van der Waals surface area contributed by atoms with Crippen molar-refractivity contribution in [1.82, 2.24) is 10.2 Å².